The number of para-hydroxylation sites is 1. The molecule has 2 N–H and O–H groups in total. The van der Waals surface area contributed by atoms with Crippen molar-refractivity contribution in [3.05, 3.63) is 95.1 Å². The summed E-state index contributed by atoms with van der Waals surface area (Å²) in [5, 5.41) is 5.63. The van der Waals surface area contributed by atoms with Crippen LogP contribution in [0.3, 0.4) is 0 Å². The molecule has 0 spiro atoms. The Balaban J connectivity index is 1.79. The Kier molecular flexibility index (Phi) is 7.73. The van der Waals surface area contributed by atoms with Gasteiger partial charge in [0.15, 0.2) is 0 Å². The lowest BCUT2D eigenvalue weighted by Crippen LogP contribution is -2.38. The van der Waals surface area contributed by atoms with Crippen LogP contribution >= 0.6 is 0 Å². The standard InChI is InChI=1S/C26H29N3O4S/c1-18-14-15-24(19(2)16-18)29(34(4,32)33)17-25(30)28-23-13-9-8-12-22(23)26(31)27-20(3)21-10-6-5-7-11-21/h5-16,20H,17H2,1-4H3,(H,27,31)(H,28,30)/t20-/m0/s1. The van der Waals surface area contributed by atoms with Crippen LogP contribution in [0.15, 0.2) is 72.8 Å². The number of aryl methyl sites for hydroxylation is 2. The summed E-state index contributed by atoms with van der Waals surface area (Å²) >= 11 is 0. The van der Waals surface area contributed by atoms with E-state index in [4.69, 9.17) is 0 Å². The molecule has 0 saturated carbocycles. The number of nitrogens with zero attached hydrogens (tertiary/aromatic N) is 1. The van der Waals surface area contributed by atoms with Gasteiger partial charge in [0.25, 0.3) is 5.91 Å². The first kappa shape index (κ1) is 25.0. The fraction of sp³-hybridized carbons (Fsp3) is 0.231. The van der Waals surface area contributed by atoms with E-state index in [0.717, 1.165) is 27.3 Å². The third-order valence-electron chi connectivity index (χ3n) is 5.40. The van der Waals surface area contributed by atoms with Gasteiger partial charge >= 0.3 is 0 Å². The van der Waals surface area contributed by atoms with Crippen LogP contribution in [0.2, 0.25) is 0 Å². The van der Waals surface area contributed by atoms with Gasteiger partial charge in [-0.05, 0) is 50.1 Å². The van der Waals surface area contributed by atoms with E-state index < -0.39 is 22.5 Å². The summed E-state index contributed by atoms with van der Waals surface area (Å²) in [6.07, 6.45) is 1.06. The van der Waals surface area contributed by atoms with Gasteiger partial charge in [-0.25, -0.2) is 8.42 Å². The fourth-order valence-electron chi connectivity index (χ4n) is 3.68. The van der Waals surface area contributed by atoms with Gasteiger partial charge in [-0.15, -0.1) is 0 Å². The minimum absolute atomic E-state index is 0.234. The highest BCUT2D eigenvalue weighted by Gasteiger charge is 2.23. The first-order chi connectivity index (χ1) is 16.1. The van der Waals surface area contributed by atoms with Gasteiger partial charge in [0.1, 0.15) is 6.54 Å². The zero-order valence-corrected chi connectivity index (χ0v) is 20.5. The highest BCUT2D eigenvalue weighted by atomic mass is 32.2. The Hall–Kier alpha value is -3.65. The number of benzene rings is 3. The molecular formula is C26H29N3O4S. The van der Waals surface area contributed by atoms with E-state index in [-0.39, 0.29) is 17.5 Å². The Morgan fingerprint density at radius 3 is 2.24 bits per heavy atom. The summed E-state index contributed by atoms with van der Waals surface area (Å²) in [7, 11) is -3.72. The molecule has 0 fully saturated rings. The normalized spacial score (nSPS) is 12.0. The number of nitrogens with one attached hydrogen (secondary N) is 2. The van der Waals surface area contributed by atoms with E-state index >= 15 is 0 Å². The number of anilines is 2. The van der Waals surface area contributed by atoms with Crippen molar-refractivity contribution in [1.82, 2.24) is 5.32 Å². The number of amides is 2. The van der Waals surface area contributed by atoms with Crippen LogP contribution in [-0.2, 0) is 14.8 Å². The molecule has 8 heteroatoms. The molecule has 0 aliphatic rings. The fourth-order valence-corrected chi connectivity index (χ4v) is 4.59. The maximum atomic E-state index is 12.9. The topological polar surface area (TPSA) is 95.6 Å². The maximum absolute atomic E-state index is 12.9. The third-order valence-corrected chi connectivity index (χ3v) is 6.53. The summed E-state index contributed by atoms with van der Waals surface area (Å²) in [5.41, 5.74) is 3.72. The molecular weight excluding hydrogens is 450 g/mol. The molecule has 0 saturated heterocycles. The summed E-state index contributed by atoms with van der Waals surface area (Å²) in [4.78, 5) is 25.8. The van der Waals surface area contributed by atoms with Crippen LogP contribution < -0.4 is 14.9 Å². The lowest BCUT2D eigenvalue weighted by atomic mass is 10.1. The van der Waals surface area contributed by atoms with E-state index in [9.17, 15) is 18.0 Å². The second kappa shape index (κ2) is 10.5. The van der Waals surface area contributed by atoms with Gasteiger partial charge in [-0.3, -0.25) is 13.9 Å². The number of hydrogen-bond donors (Lipinski definition) is 2. The van der Waals surface area contributed by atoms with Crippen LogP contribution in [0, 0.1) is 13.8 Å². The number of carbonyl (C=O) groups is 2. The van der Waals surface area contributed by atoms with Crippen molar-refractivity contribution < 1.29 is 18.0 Å². The van der Waals surface area contributed by atoms with Crippen LogP contribution in [0.1, 0.15) is 40.0 Å². The molecule has 0 aliphatic carbocycles. The lowest BCUT2D eigenvalue weighted by molar-refractivity contribution is -0.114. The number of sulfonamides is 1. The maximum Gasteiger partial charge on any atom is 0.253 e. The molecule has 0 aromatic heterocycles. The monoisotopic (exact) mass is 479 g/mol. The number of hydrogen-bond acceptors (Lipinski definition) is 4. The largest absolute Gasteiger partial charge is 0.345 e. The van der Waals surface area contributed by atoms with Gasteiger partial charge in [-0.2, -0.15) is 0 Å². The second-order valence-electron chi connectivity index (χ2n) is 8.26. The predicted molar refractivity (Wildman–Crippen MR) is 136 cm³/mol. The quantitative estimate of drug-likeness (QED) is 0.506. The van der Waals surface area contributed by atoms with E-state index in [1.807, 2.05) is 50.2 Å². The van der Waals surface area contributed by atoms with Crippen molar-refractivity contribution in [1.29, 1.82) is 0 Å². The van der Waals surface area contributed by atoms with Crippen molar-refractivity contribution in [2.24, 2.45) is 0 Å². The molecule has 0 bridgehead atoms. The van der Waals surface area contributed by atoms with Crippen molar-refractivity contribution in [3.63, 3.8) is 0 Å². The SMILES string of the molecule is Cc1ccc(N(CC(=O)Nc2ccccc2C(=O)N[C@@H](C)c2ccccc2)S(C)(=O)=O)c(C)c1. The minimum Gasteiger partial charge on any atom is -0.345 e. The van der Waals surface area contributed by atoms with Gasteiger partial charge in [0.05, 0.1) is 29.2 Å². The smallest absolute Gasteiger partial charge is 0.253 e. The number of carbonyl (C=O) groups excluding carboxylic acids is 2. The van der Waals surface area contributed by atoms with Gasteiger partial charge < -0.3 is 10.6 Å². The van der Waals surface area contributed by atoms with E-state index in [1.165, 1.54) is 0 Å². The number of rotatable bonds is 8. The van der Waals surface area contributed by atoms with Gasteiger partial charge in [0, 0.05) is 0 Å². The summed E-state index contributed by atoms with van der Waals surface area (Å²) < 4.78 is 26.0. The Labute approximate surface area is 200 Å². The van der Waals surface area contributed by atoms with Crippen molar-refractivity contribution >= 4 is 33.2 Å². The Bertz CT molecular complexity index is 1290. The predicted octanol–water partition coefficient (Wildman–Crippen LogP) is 4.20. The third kappa shape index (κ3) is 6.23. The Morgan fingerprint density at radius 2 is 1.59 bits per heavy atom. The Morgan fingerprint density at radius 1 is 0.941 bits per heavy atom. The van der Waals surface area contributed by atoms with Crippen molar-refractivity contribution in [3.8, 4) is 0 Å². The molecule has 3 aromatic rings. The van der Waals surface area contributed by atoms with Crippen LogP contribution in [0.25, 0.3) is 0 Å². The van der Waals surface area contributed by atoms with Crippen LogP contribution in [0.4, 0.5) is 11.4 Å². The first-order valence-electron chi connectivity index (χ1n) is 10.9. The molecule has 0 aliphatic heterocycles. The van der Waals surface area contributed by atoms with Crippen LogP contribution in [0.5, 0.6) is 0 Å². The average Bonchev–Trinajstić information content (AvgIpc) is 2.78. The molecule has 0 unspecified atom stereocenters. The molecule has 3 rings (SSSR count). The zero-order valence-electron chi connectivity index (χ0n) is 19.7. The van der Waals surface area contributed by atoms with Crippen molar-refractivity contribution in [2.75, 3.05) is 22.4 Å². The average molecular weight is 480 g/mol. The zero-order chi connectivity index (χ0) is 24.9. The summed E-state index contributed by atoms with van der Waals surface area (Å²) in [6.45, 7) is 5.17. The van der Waals surface area contributed by atoms with Crippen LogP contribution in [-0.4, -0.2) is 33.0 Å². The molecule has 0 radical (unpaired) electrons. The molecule has 3 aromatic carbocycles. The second-order valence-corrected chi connectivity index (χ2v) is 10.2. The molecule has 2 amide bonds. The van der Waals surface area contributed by atoms with Gasteiger partial charge in [-0.1, -0.05) is 60.2 Å². The molecule has 178 valence electrons. The minimum atomic E-state index is -3.72. The summed E-state index contributed by atoms with van der Waals surface area (Å²) in [5.74, 6) is -0.900. The molecule has 0 heterocycles. The first-order valence-corrected chi connectivity index (χ1v) is 12.7. The lowest BCUT2D eigenvalue weighted by Gasteiger charge is -2.24. The highest BCUT2D eigenvalue weighted by molar-refractivity contribution is 7.92. The van der Waals surface area contributed by atoms with E-state index in [1.54, 1.807) is 43.3 Å². The van der Waals surface area contributed by atoms with Gasteiger partial charge in [0.2, 0.25) is 15.9 Å². The molecule has 1 atom stereocenters. The van der Waals surface area contributed by atoms with E-state index in [2.05, 4.69) is 10.6 Å². The highest BCUT2D eigenvalue weighted by Crippen LogP contribution is 2.24. The summed E-state index contributed by atoms with van der Waals surface area (Å²) in [6, 6.07) is 21.3. The molecule has 34 heavy (non-hydrogen) atoms. The van der Waals surface area contributed by atoms with Crippen molar-refractivity contribution in [2.45, 2.75) is 26.8 Å². The van der Waals surface area contributed by atoms with E-state index in [0.29, 0.717) is 11.4 Å². The molecule has 7 nitrogen and oxygen atoms in total.